The van der Waals surface area contributed by atoms with Gasteiger partial charge in [0.05, 0.1) is 0 Å². The van der Waals surface area contributed by atoms with Crippen molar-refractivity contribution in [3.05, 3.63) is 69.2 Å². The van der Waals surface area contributed by atoms with Gasteiger partial charge >= 0.3 is 0 Å². The van der Waals surface area contributed by atoms with E-state index in [1.165, 1.54) is 11.1 Å². The number of halogens is 2. The minimum atomic E-state index is 0.654. The highest BCUT2D eigenvalue weighted by Gasteiger charge is 1.95. The maximum absolute atomic E-state index is 5.94. The normalized spacial score (nSPS) is 11.0. The molecule has 0 radical (unpaired) electrons. The van der Waals surface area contributed by atoms with E-state index in [1.54, 1.807) is 6.07 Å². The zero-order chi connectivity index (χ0) is 12.3. The van der Waals surface area contributed by atoms with Gasteiger partial charge in [0.25, 0.3) is 0 Å². The van der Waals surface area contributed by atoms with Crippen LogP contribution in [0, 0.1) is 6.92 Å². The summed E-state index contributed by atoms with van der Waals surface area (Å²) in [6, 6.07) is 13.8. The van der Waals surface area contributed by atoms with Crippen molar-refractivity contribution in [1.29, 1.82) is 0 Å². The highest BCUT2D eigenvalue weighted by atomic mass is 35.5. The van der Waals surface area contributed by atoms with E-state index in [0.29, 0.717) is 10.0 Å². The van der Waals surface area contributed by atoms with Gasteiger partial charge in [-0.15, -0.1) is 0 Å². The Morgan fingerprint density at radius 2 is 1.47 bits per heavy atom. The summed E-state index contributed by atoms with van der Waals surface area (Å²) in [5.74, 6) is 0. The maximum atomic E-state index is 5.94. The van der Waals surface area contributed by atoms with E-state index >= 15 is 0 Å². The summed E-state index contributed by atoms with van der Waals surface area (Å²) in [7, 11) is 0. The smallest absolute Gasteiger partial charge is 0.0426 e. The molecule has 0 N–H and O–H groups in total. The lowest BCUT2D eigenvalue weighted by Crippen LogP contribution is -1.76. The molecule has 2 aromatic rings. The van der Waals surface area contributed by atoms with E-state index in [0.717, 1.165) is 5.56 Å². The summed E-state index contributed by atoms with van der Waals surface area (Å²) < 4.78 is 0. The van der Waals surface area contributed by atoms with Crippen LogP contribution < -0.4 is 0 Å². The molecule has 0 bridgehead atoms. The van der Waals surface area contributed by atoms with Crippen molar-refractivity contribution in [2.75, 3.05) is 0 Å². The first-order valence-electron chi connectivity index (χ1n) is 5.34. The molecule has 0 nitrogen and oxygen atoms in total. The highest BCUT2D eigenvalue weighted by molar-refractivity contribution is 6.34. The molecule has 0 unspecified atom stereocenters. The average Bonchev–Trinajstić information content (AvgIpc) is 2.25. The van der Waals surface area contributed by atoms with Crippen LogP contribution in [-0.2, 0) is 0 Å². The topological polar surface area (TPSA) is 0 Å². The molecule has 17 heavy (non-hydrogen) atoms. The van der Waals surface area contributed by atoms with Gasteiger partial charge in [0, 0.05) is 10.0 Å². The van der Waals surface area contributed by atoms with Gasteiger partial charge in [-0.3, -0.25) is 0 Å². The van der Waals surface area contributed by atoms with Crippen molar-refractivity contribution in [3.63, 3.8) is 0 Å². The molecule has 0 saturated carbocycles. The molecule has 0 aromatic heterocycles. The van der Waals surface area contributed by atoms with Crippen molar-refractivity contribution < 1.29 is 0 Å². The van der Waals surface area contributed by atoms with E-state index in [2.05, 4.69) is 31.2 Å². The number of rotatable bonds is 2. The molecule has 0 fully saturated rings. The number of hydrogen-bond donors (Lipinski definition) is 0. The second-order valence-electron chi connectivity index (χ2n) is 3.95. The van der Waals surface area contributed by atoms with Gasteiger partial charge in [-0.05, 0) is 36.2 Å². The molecule has 0 heterocycles. The summed E-state index contributed by atoms with van der Waals surface area (Å²) in [6.07, 6.45) is 4.06. The minimum Gasteiger partial charge on any atom is -0.0843 e. The van der Waals surface area contributed by atoms with Crippen molar-refractivity contribution >= 4 is 35.4 Å². The molecular weight excluding hydrogens is 251 g/mol. The van der Waals surface area contributed by atoms with Crippen molar-refractivity contribution in [2.24, 2.45) is 0 Å². The Bertz CT molecular complexity index is 536. The first kappa shape index (κ1) is 12.2. The Hall–Kier alpha value is -1.24. The average molecular weight is 263 g/mol. The van der Waals surface area contributed by atoms with Crippen LogP contribution in [-0.4, -0.2) is 0 Å². The van der Waals surface area contributed by atoms with E-state index in [1.807, 2.05) is 24.3 Å². The fourth-order valence-electron chi connectivity index (χ4n) is 1.64. The molecule has 0 aliphatic carbocycles. The van der Waals surface area contributed by atoms with Crippen molar-refractivity contribution in [2.45, 2.75) is 6.92 Å². The second kappa shape index (κ2) is 5.39. The first-order chi connectivity index (χ1) is 8.13. The van der Waals surface area contributed by atoms with Crippen LogP contribution in [0.4, 0.5) is 0 Å². The van der Waals surface area contributed by atoms with Crippen molar-refractivity contribution in [1.82, 2.24) is 0 Å². The molecule has 0 atom stereocenters. The summed E-state index contributed by atoms with van der Waals surface area (Å²) in [4.78, 5) is 0. The van der Waals surface area contributed by atoms with Crippen LogP contribution in [0.3, 0.4) is 0 Å². The molecule has 86 valence electrons. The fraction of sp³-hybridized carbons (Fsp3) is 0.0667. The predicted molar refractivity (Wildman–Crippen MR) is 76.6 cm³/mol. The summed E-state index contributed by atoms with van der Waals surface area (Å²) in [5.41, 5.74) is 3.42. The molecule has 0 aliphatic heterocycles. The molecule has 2 heteroatoms. The monoisotopic (exact) mass is 262 g/mol. The summed E-state index contributed by atoms with van der Waals surface area (Å²) in [6.45, 7) is 2.08. The molecule has 0 spiro atoms. The van der Waals surface area contributed by atoms with E-state index < -0.39 is 0 Å². The second-order valence-corrected chi connectivity index (χ2v) is 4.82. The van der Waals surface area contributed by atoms with Gasteiger partial charge in [0.15, 0.2) is 0 Å². The van der Waals surface area contributed by atoms with E-state index in [-0.39, 0.29) is 0 Å². The zero-order valence-corrected chi connectivity index (χ0v) is 11.0. The maximum Gasteiger partial charge on any atom is 0.0426 e. The molecular formula is C15H12Cl2. The van der Waals surface area contributed by atoms with E-state index in [9.17, 15) is 0 Å². The number of hydrogen-bond acceptors (Lipinski definition) is 0. The first-order valence-corrected chi connectivity index (χ1v) is 6.10. The molecule has 2 rings (SSSR count). The molecule has 0 aliphatic rings. The molecule has 2 aromatic carbocycles. The van der Waals surface area contributed by atoms with Crippen LogP contribution >= 0.6 is 23.2 Å². The molecule has 0 amide bonds. The van der Waals surface area contributed by atoms with Gasteiger partial charge in [-0.25, -0.2) is 0 Å². The van der Waals surface area contributed by atoms with Gasteiger partial charge < -0.3 is 0 Å². The van der Waals surface area contributed by atoms with Gasteiger partial charge in [0.2, 0.25) is 0 Å². The Morgan fingerprint density at radius 3 is 2.12 bits per heavy atom. The lowest BCUT2D eigenvalue weighted by molar-refractivity contribution is 1.46. The van der Waals surface area contributed by atoms with Crippen LogP contribution in [0.1, 0.15) is 16.7 Å². The lowest BCUT2D eigenvalue weighted by atomic mass is 10.1. The minimum absolute atomic E-state index is 0.654. The van der Waals surface area contributed by atoms with E-state index in [4.69, 9.17) is 23.2 Å². The Balaban J connectivity index is 2.25. The third-order valence-corrected chi connectivity index (χ3v) is 2.83. The molecule has 0 saturated heterocycles. The Kier molecular flexibility index (Phi) is 3.88. The zero-order valence-electron chi connectivity index (χ0n) is 9.45. The Labute approximate surface area is 112 Å². The van der Waals surface area contributed by atoms with Crippen LogP contribution in [0.2, 0.25) is 10.0 Å². The summed E-state index contributed by atoms with van der Waals surface area (Å²) >= 11 is 11.9. The number of benzene rings is 2. The third-order valence-electron chi connectivity index (χ3n) is 2.40. The van der Waals surface area contributed by atoms with Gasteiger partial charge in [0.1, 0.15) is 0 Å². The largest absolute Gasteiger partial charge is 0.0843 e. The quantitative estimate of drug-likeness (QED) is 0.630. The van der Waals surface area contributed by atoms with Gasteiger partial charge in [-0.2, -0.15) is 0 Å². The fourth-order valence-corrected chi connectivity index (χ4v) is 2.18. The predicted octanol–water partition coefficient (Wildman–Crippen LogP) is 5.47. The number of aryl methyl sites for hydroxylation is 1. The third kappa shape index (κ3) is 3.62. The van der Waals surface area contributed by atoms with Crippen molar-refractivity contribution in [3.8, 4) is 0 Å². The summed E-state index contributed by atoms with van der Waals surface area (Å²) in [5, 5.41) is 1.31. The Morgan fingerprint density at radius 1 is 0.824 bits per heavy atom. The van der Waals surface area contributed by atoms with Gasteiger partial charge in [-0.1, -0.05) is 65.2 Å². The standard InChI is InChI=1S/C15H12Cl2/c1-11-3-2-4-12(7-11)5-6-13-8-14(16)10-15(17)9-13/h2-10H,1H3/b6-5+. The highest BCUT2D eigenvalue weighted by Crippen LogP contribution is 2.20. The van der Waals surface area contributed by atoms with Crippen LogP contribution in [0.15, 0.2) is 42.5 Å². The van der Waals surface area contributed by atoms with Crippen LogP contribution in [0.5, 0.6) is 0 Å². The lowest BCUT2D eigenvalue weighted by Gasteiger charge is -1.98. The SMILES string of the molecule is Cc1cccc(/C=C/c2cc(Cl)cc(Cl)c2)c1. The van der Waals surface area contributed by atoms with Crippen LogP contribution in [0.25, 0.3) is 12.2 Å².